The van der Waals surface area contributed by atoms with Crippen LogP contribution in [-0.2, 0) is 6.54 Å². The van der Waals surface area contributed by atoms with Gasteiger partial charge in [0.15, 0.2) is 0 Å². The molecule has 0 bridgehead atoms. The molecule has 140 valence electrons. The zero-order valence-electron chi connectivity index (χ0n) is 16.1. The maximum absolute atomic E-state index is 6.56. The molecule has 5 rings (SSSR count). The van der Waals surface area contributed by atoms with Crippen molar-refractivity contribution in [3.05, 3.63) is 109 Å². The molecule has 0 radical (unpaired) electrons. The zero-order chi connectivity index (χ0) is 19.6. The van der Waals surface area contributed by atoms with Crippen LogP contribution in [0.25, 0.3) is 32.7 Å². The molecule has 0 saturated carbocycles. The quantitative estimate of drug-likeness (QED) is 0.337. The van der Waals surface area contributed by atoms with Crippen LogP contribution in [0.3, 0.4) is 0 Å². The predicted molar refractivity (Wildman–Crippen MR) is 125 cm³/mol. The maximum atomic E-state index is 6.56. The molecule has 2 heteroatoms. The third-order valence-electron chi connectivity index (χ3n) is 5.47. The first kappa shape index (κ1) is 17.3. The Morgan fingerprint density at radius 2 is 1.14 bits per heavy atom. The van der Waals surface area contributed by atoms with E-state index in [1.54, 1.807) is 0 Å². The molecule has 0 amide bonds. The first-order chi connectivity index (χ1) is 14.3. The highest BCUT2D eigenvalue weighted by atomic mass is 14.9. The number of nitrogen functional groups attached to an aromatic ring is 1. The molecule has 5 aromatic carbocycles. The van der Waals surface area contributed by atoms with E-state index in [1.807, 2.05) is 12.1 Å². The molecule has 0 unspecified atom stereocenters. The Kier molecular flexibility index (Phi) is 4.38. The topological polar surface area (TPSA) is 38.0 Å². The van der Waals surface area contributed by atoms with Crippen LogP contribution in [0.2, 0.25) is 0 Å². The van der Waals surface area contributed by atoms with Crippen LogP contribution in [0.4, 0.5) is 11.4 Å². The van der Waals surface area contributed by atoms with Crippen molar-refractivity contribution in [1.82, 2.24) is 0 Å². The summed E-state index contributed by atoms with van der Waals surface area (Å²) in [6.45, 7) is 0.761. The SMILES string of the molecule is Nc1ccc2ccccc2c1-c1c(NCc2ccccc2)ccc2ccccc12. The third kappa shape index (κ3) is 3.19. The molecule has 0 aromatic heterocycles. The number of rotatable bonds is 4. The average molecular weight is 374 g/mol. The maximum Gasteiger partial charge on any atom is 0.0430 e. The van der Waals surface area contributed by atoms with Gasteiger partial charge >= 0.3 is 0 Å². The molecule has 0 aliphatic carbocycles. The Bertz CT molecular complexity index is 1310. The predicted octanol–water partition coefficient (Wildman–Crippen LogP) is 6.85. The zero-order valence-corrected chi connectivity index (χ0v) is 16.1. The fourth-order valence-electron chi connectivity index (χ4n) is 4.05. The highest BCUT2D eigenvalue weighted by Gasteiger charge is 2.15. The molecule has 3 N–H and O–H groups in total. The molecule has 0 heterocycles. The molecular formula is C27H22N2. The second-order valence-electron chi connectivity index (χ2n) is 7.30. The summed E-state index contributed by atoms with van der Waals surface area (Å²) in [6.07, 6.45) is 0. The Morgan fingerprint density at radius 3 is 1.86 bits per heavy atom. The molecule has 0 spiro atoms. The summed E-state index contributed by atoms with van der Waals surface area (Å²) in [5, 5.41) is 8.43. The van der Waals surface area contributed by atoms with Crippen LogP contribution in [-0.4, -0.2) is 0 Å². The monoisotopic (exact) mass is 374 g/mol. The van der Waals surface area contributed by atoms with Crippen molar-refractivity contribution in [2.24, 2.45) is 0 Å². The Morgan fingerprint density at radius 1 is 0.552 bits per heavy atom. The molecule has 0 saturated heterocycles. The van der Waals surface area contributed by atoms with Crippen LogP contribution in [0.5, 0.6) is 0 Å². The van der Waals surface area contributed by atoms with Crippen molar-refractivity contribution in [2.75, 3.05) is 11.1 Å². The van der Waals surface area contributed by atoms with Crippen molar-refractivity contribution in [3.8, 4) is 11.1 Å². The fourth-order valence-corrected chi connectivity index (χ4v) is 4.05. The summed E-state index contributed by atoms with van der Waals surface area (Å²) >= 11 is 0. The number of hydrogen-bond acceptors (Lipinski definition) is 2. The van der Waals surface area contributed by atoms with E-state index in [0.717, 1.165) is 29.0 Å². The number of anilines is 2. The van der Waals surface area contributed by atoms with Crippen molar-refractivity contribution < 1.29 is 0 Å². The van der Waals surface area contributed by atoms with Crippen LogP contribution < -0.4 is 11.1 Å². The Hall–Kier alpha value is -3.78. The van der Waals surface area contributed by atoms with Gasteiger partial charge in [-0.1, -0.05) is 91.0 Å². The normalized spacial score (nSPS) is 11.0. The minimum absolute atomic E-state index is 0.761. The van der Waals surface area contributed by atoms with E-state index < -0.39 is 0 Å². The summed E-state index contributed by atoms with van der Waals surface area (Å²) in [5.74, 6) is 0. The van der Waals surface area contributed by atoms with E-state index in [1.165, 1.54) is 27.1 Å². The van der Waals surface area contributed by atoms with Gasteiger partial charge in [0.05, 0.1) is 0 Å². The molecule has 0 fully saturated rings. The molecule has 5 aromatic rings. The molecular weight excluding hydrogens is 352 g/mol. The van der Waals surface area contributed by atoms with Gasteiger partial charge in [0.1, 0.15) is 0 Å². The van der Waals surface area contributed by atoms with E-state index in [9.17, 15) is 0 Å². The van der Waals surface area contributed by atoms with E-state index in [0.29, 0.717) is 0 Å². The lowest BCUT2D eigenvalue weighted by Crippen LogP contribution is -2.02. The largest absolute Gasteiger partial charge is 0.398 e. The second-order valence-corrected chi connectivity index (χ2v) is 7.30. The van der Waals surface area contributed by atoms with E-state index in [2.05, 4.69) is 96.3 Å². The lowest BCUT2D eigenvalue weighted by Gasteiger charge is -2.19. The van der Waals surface area contributed by atoms with Gasteiger partial charge in [-0.2, -0.15) is 0 Å². The summed E-state index contributed by atoms with van der Waals surface area (Å²) in [4.78, 5) is 0. The van der Waals surface area contributed by atoms with Gasteiger partial charge in [0.25, 0.3) is 0 Å². The van der Waals surface area contributed by atoms with Crippen LogP contribution in [0.1, 0.15) is 5.56 Å². The van der Waals surface area contributed by atoms with E-state index in [4.69, 9.17) is 5.73 Å². The second kappa shape index (κ2) is 7.33. The highest BCUT2D eigenvalue weighted by Crippen LogP contribution is 2.42. The van der Waals surface area contributed by atoms with Crippen LogP contribution >= 0.6 is 0 Å². The number of benzene rings is 5. The number of fused-ring (bicyclic) bond motifs is 2. The van der Waals surface area contributed by atoms with Gasteiger partial charge in [-0.05, 0) is 39.2 Å². The summed E-state index contributed by atoms with van der Waals surface area (Å²) in [6, 6.07) is 35.9. The third-order valence-corrected chi connectivity index (χ3v) is 5.47. The summed E-state index contributed by atoms with van der Waals surface area (Å²) in [5.41, 5.74) is 11.9. The van der Waals surface area contributed by atoms with Gasteiger partial charge in [0.2, 0.25) is 0 Å². The van der Waals surface area contributed by atoms with Gasteiger partial charge in [0, 0.05) is 29.0 Å². The minimum Gasteiger partial charge on any atom is -0.398 e. The molecule has 29 heavy (non-hydrogen) atoms. The Balaban J connectivity index is 1.75. The highest BCUT2D eigenvalue weighted by molar-refractivity contribution is 6.13. The average Bonchev–Trinajstić information content (AvgIpc) is 2.78. The fraction of sp³-hybridized carbons (Fsp3) is 0.0370. The molecule has 0 aliphatic heterocycles. The van der Waals surface area contributed by atoms with E-state index >= 15 is 0 Å². The molecule has 0 atom stereocenters. The number of nitrogens with two attached hydrogens (primary N) is 1. The number of hydrogen-bond donors (Lipinski definition) is 2. The lowest BCUT2D eigenvalue weighted by molar-refractivity contribution is 1.15. The standard InChI is InChI=1S/C27H22N2/c28-24-16-14-20-10-4-6-12-22(20)26(24)27-23-13-7-5-11-21(23)15-17-25(27)29-18-19-8-2-1-3-9-19/h1-17,29H,18,28H2. The van der Waals surface area contributed by atoms with Gasteiger partial charge in [-0.3, -0.25) is 0 Å². The lowest BCUT2D eigenvalue weighted by atomic mass is 9.91. The smallest absolute Gasteiger partial charge is 0.0430 e. The number of nitrogens with one attached hydrogen (secondary N) is 1. The van der Waals surface area contributed by atoms with Crippen molar-refractivity contribution in [2.45, 2.75) is 6.54 Å². The summed E-state index contributed by atoms with van der Waals surface area (Å²) < 4.78 is 0. The minimum atomic E-state index is 0.761. The van der Waals surface area contributed by atoms with Gasteiger partial charge in [-0.25, -0.2) is 0 Å². The summed E-state index contributed by atoms with van der Waals surface area (Å²) in [7, 11) is 0. The van der Waals surface area contributed by atoms with E-state index in [-0.39, 0.29) is 0 Å². The van der Waals surface area contributed by atoms with Gasteiger partial charge < -0.3 is 11.1 Å². The van der Waals surface area contributed by atoms with Gasteiger partial charge in [-0.15, -0.1) is 0 Å². The van der Waals surface area contributed by atoms with Crippen molar-refractivity contribution in [1.29, 1.82) is 0 Å². The van der Waals surface area contributed by atoms with Crippen molar-refractivity contribution in [3.63, 3.8) is 0 Å². The first-order valence-corrected chi connectivity index (χ1v) is 9.88. The van der Waals surface area contributed by atoms with Crippen molar-refractivity contribution >= 4 is 32.9 Å². The molecule has 2 nitrogen and oxygen atoms in total. The Labute approximate surface area is 170 Å². The first-order valence-electron chi connectivity index (χ1n) is 9.88. The van der Waals surface area contributed by atoms with Crippen LogP contribution in [0.15, 0.2) is 103 Å². The van der Waals surface area contributed by atoms with Crippen LogP contribution in [0, 0.1) is 0 Å². The molecule has 0 aliphatic rings.